The van der Waals surface area contributed by atoms with Crippen molar-refractivity contribution in [1.29, 1.82) is 0 Å². The lowest BCUT2D eigenvalue weighted by atomic mass is 10.1. The Balaban J connectivity index is 1.84. The van der Waals surface area contributed by atoms with Crippen LogP contribution in [0.25, 0.3) is 0 Å². The molecule has 8 nitrogen and oxygen atoms in total. The van der Waals surface area contributed by atoms with E-state index in [1.165, 1.54) is 4.90 Å². The third-order valence-corrected chi connectivity index (χ3v) is 6.12. The van der Waals surface area contributed by atoms with Crippen LogP contribution in [-0.4, -0.2) is 63.1 Å². The minimum Gasteiger partial charge on any atom is -0.484 e. The molecule has 2 amide bonds. The van der Waals surface area contributed by atoms with E-state index in [0.717, 1.165) is 5.56 Å². The molecular formula is C18H25N3O5S. The maximum Gasteiger partial charge on any atom is 0.259 e. The Bertz CT molecular complexity index is 816. The number of benzene rings is 1. The standard InChI is InChI=1S/C18H25N3O5S/c1-13(19-20-17(22)10-14-8-9-27(24,25)12-14)15-4-6-16(7-5-15)26-11-18(23)21(2)3/h4-7,14H,8-12H2,1-3H3,(H,20,22)/b19-13-/t14-/m0/s1. The highest BCUT2D eigenvalue weighted by Crippen LogP contribution is 2.21. The number of carbonyl (C=O) groups excluding carboxylic acids is 2. The zero-order valence-electron chi connectivity index (χ0n) is 15.8. The Labute approximate surface area is 159 Å². The predicted octanol–water partition coefficient (Wildman–Crippen LogP) is 0.819. The first-order valence-corrected chi connectivity index (χ1v) is 10.5. The fourth-order valence-electron chi connectivity index (χ4n) is 2.62. The Morgan fingerprint density at radius 1 is 1.26 bits per heavy atom. The first kappa shape index (κ1) is 20.9. The van der Waals surface area contributed by atoms with Gasteiger partial charge in [0, 0.05) is 20.5 Å². The molecule has 1 aliphatic heterocycles. The molecule has 1 atom stereocenters. The maximum absolute atomic E-state index is 11.9. The summed E-state index contributed by atoms with van der Waals surface area (Å²) in [5, 5.41) is 4.07. The van der Waals surface area contributed by atoms with Gasteiger partial charge in [0.15, 0.2) is 16.4 Å². The second kappa shape index (κ2) is 8.98. The first-order chi connectivity index (χ1) is 12.7. The molecular weight excluding hydrogens is 370 g/mol. The zero-order valence-corrected chi connectivity index (χ0v) is 16.6. The number of sulfone groups is 1. The SMILES string of the molecule is C/C(=N/NC(=O)C[C@@H]1CCS(=O)(=O)C1)c1ccc(OCC(=O)N(C)C)cc1. The molecule has 1 fully saturated rings. The number of rotatable bonds is 7. The van der Waals surface area contributed by atoms with Gasteiger partial charge in [-0.1, -0.05) is 0 Å². The average Bonchev–Trinajstić information content (AvgIpc) is 2.96. The van der Waals surface area contributed by atoms with Crippen molar-refractivity contribution in [3.63, 3.8) is 0 Å². The van der Waals surface area contributed by atoms with Gasteiger partial charge in [0.1, 0.15) is 5.75 Å². The molecule has 1 heterocycles. The lowest BCUT2D eigenvalue weighted by Gasteiger charge is -2.11. The first-order valence-electron chi connectivity index (χ1n) is 8.63. The van der Waals surface area contributed by atoms with Gasteiger partial charge in [-0.2, -0.15) is 5.10 Å². The van der Waals surface area contributed by atoms with E-state index in [1.54, 1.807) is 45.3 Å². The summed E-state index contributed by atoms with van der Waals surface area (Å²) < 4.78 is 28.3. The highest BCUT2D eigenvalue weighted by molar-refractivity contribution is 7.91. The highest BCUT2D eigenvalue weighted by Gasteiger charge is 2.29. The number of nitrogens with zero attached hydrogens (tertiary/aromatic N) is 2. The number of ether oxygens (including phenoxy) is 1. The fourth-order valence-corrected chi connectivity index (χ4v) is 4.48. The van der Waals surface area contributed by atoms with Gasteiger partial charge in [-0.3, -0.25) is 9.59 Å². The molecule has 9 heteroatoms. The molecule has 0 spiro atoms. The monoisotopic (exact) mass is 395 g/mol. The summed E-state index contributed by atoms with van der Waals surface area (Å²) >= 11 is 0. The predicted molar refractivity (Wildman–Crippen MR) is 102 cm³/mol. The van der Waals surface area contributed by atoms with Gasteiger partial charge in [-0.15, -0.1) is 0 Å². The molecule has 0 saturated carbocycles. The van der Waals surface area contributed by atoms with Gasteiger partial charge in [0.25, 0.3) is 5.91 Å². The molecule has 0 aromatic heterocycles. The van der Waals surface area contributed by atoms with E-state index in [0.29, 0.717) is 17.9 Å². The van der Waals surface area contributed by atoms with E-state index >= 15 is 0 Å². The molecule has 1 saturated heterocycles. The van der Waals surface area contributed by atoms with Crippen LogP contribution in [0.3, 0.4) is 0 Å². The summed E-state index contributed by atoms with van der Waals surface area (Å²) in [6, 6.07) is 7.01. The van der Waals surface area contributed by atoms with Crippen molar-refractivity contribution < 1.29 is 22.7 Å². The number of hydrazone groups is 1. The molecule has 0 radical (unpaired) electrons. The van der Waals surface area contributed by atoms with Crippen LogP contribution in [0.2, 0.25) is 0 Å². The minimum atomic E-state index is -2.99. The molecule has 27 heavy (non-hydrogen) atoms. The molecule has 1 aromatic rings. The van der Waals surface area contributed by atoms with Crippen LogP contribution < -0.4 is 10.2 Å². The molecule has 0 aliphatic carbocycles. The van der Waals surface area contributed by atoms with Crippen LogP contribution in [0.5, 0.6) is 5.75 Å². The van der Waals surface area contributed by atoms with Gasteiger partial charge in [-0.25, -0.2) is 13.8 Å². The van der Waals surface area contributed by atoms with Gasteiger partial charge >= 0.3 is 0 Å². The Morgan fingerprint density at radius 2 is 1.93 bits per heavy atom. The lowest BCUT2D eigenvalue weighted by molar-refractivity contribution is -0.130. The van der Waals surface area contributed by atoms with Gasteiger partial charge in [0.2, 0.25) is 5.91 Å². The molecule has 1 aromatic carbocycles. The number of likely N-dealkylation sites (N-methyl/N-ethyl adjacent to an activating group) is 1. The average molecular weight is 395 g/mol. The Hall–Kier alpha value is -2.42. The third kappa shape index (κ3) is 6.67. The molecule has 2 rings (SSSR count). The van der Waals surface area contributed by atoms with Crippen LogP contribution in [0, 0.1) is 5.92 Å². The third-order valence-electron chi connectivity index (χ3n) is 4.28. The molecule has 0 unspecified atom stereocenters. The number of hydrogen-bond acceptors (Lipinski definition) is 6. The highest BCUT2D eigenvalue weighted by atomic mass is 32.2. The summed E-state index contributed by atoms with van der Waals surface area (Å²) in [4.78, 5) is 24.9. The van der Waals surface area contributed by atoms with Gasteiger partial charge in [-0.05, 0) is 49.1 Å². The van der Waals surface area contributed by atoms with Crippen LogP contribution in [-0.2, 0) is 19.4 Å². The Morgan fingerprint density at radius 3 is 2.48 bits per heavy atom. The Kier molecular flexibility index (Phi) is 6.95. The minimum absolute atomic E-state index is 0.0354. The summed E-state index contributed by atoms with van der Waals surface area (Å²) in [6.07, 6.45) is 0.679. The largest absolute Gasteiger partial charge is 0.484 e. The van der Waals surface area contributed by atoms with E-state index in [9.17, 15) is 18.0 Å². The topological polar surface area (TPSA) is 105 Å². The number of nitrogens with one attached hydrogen (secondary N) is 1. The van der Waals surface area contributed by atoms with E-state index in [4.69, 9.17) is 4.74 Å². The van der Waals surface area contributed by atoms with Crippen LogP contribution in [0.15, 0.2) is 29.4 Å². The smallest absolute Gasteiger partial charge is 0.259 e. The summed E-state index contributed by atoms with van der Waals surface area (Å²) in [7, 11) is 0.337. The van der Waals surface area contributed by atoms with Gasteiger partial charge in [0.05, 0.1) is 17.2 Å². The van der Waals surface area contributed by atoms with E-state index < -0.39 is 9.84 Å². The summed E-state index contributed by atoms with van der Waals surface area (Å²) in [5.74, 6) is 0.233. The zero-order chi connectivity index (χ0) is 20.0. The van der Waals surface area contributed by atoms with E-state index in [-0.39, 0.29) is 42.3 Å². The fraction of sp³-hybridized carbons (Fsp3) is 0.500. The lowest BCUT2D eigenvalue weighted by Crippen LogP contribution is -2.27. The maximum atomic E-state index is 11.9. The number of amides is 2. The number of hydrogen-bond donors (Lipinski definition) is 1. The van der Waals surface area contributed by atoms with Crippen LogP contribution in [0.4, 0.5) is 0 Å². The van der Waals surface area contributed by atoms with Crippen LogP contribution in [0.1, 0.15) is 25.3 Å². The van der Waals surface area contributed by atoms with E-state index in [1.807, 2.05) is 0 Å². The molecule has 148 valence electrons. The van der Waals surface area contributed by atoms with Gasteiger partial charge < -0.3 is 9.64 Å². The molecule has 1 aliphatic rings. The summed E-state index contributed by atoms with van der Waals surface area (Å²) in [6.45, 7) is 1.72. The normalized spacial score (nSPS) is 18.8. The quantitative estimate of drug-likeness (QED) is 0.544. The molecule has 1 N–H and O–H groups in total. The second-order valence-corrected chi connectivity index (χ2v) is 9.04. The molecule has 0 bridgehead atoms. The van der Waals surface area contributed by atoms with Crippen molar-refractivity contribution >= 4 is 27.4 Å². The van der Waals surface area contributed by atoms with Crippen molar-refractivity contribution in [2.45, 2.75) is 19.8 Å². The van der Waals surface area contributed by atoms with Crippen molar-refractivity contribution in [1.82, 2.24) is 10.3 Å². The van der Waals surface area contributed by atoms with Crippen molar-refractivity contribution in [2.24, 2.45) is 11.0 Å². The second-order valence-electron chi connectivity index (χ2n) is 6.81. The summed E-state index contributed by atoms with van der Waals surface area (Å²) in [5.41, 5.74) is 3.88. The van der Waals surface area contributed by atoms with Crippen molar-refractivity contribution in [3.05, 3.63) is 29.8 Å². The van der Waals surface area contributed by atoms with Crippen LogP contribution >= 0.6 is 0 Å². The number of carbonyl (C=O) groups is 2. The van der Waals surface area contributed by atoms with Crippen molar-refractivity contribution in [2.75, 3.05) is 32.2 Å². The van der Waals surface area contributed by atoms with E-state index in [2.05, 4.69) is 10.5 Å². The van der Waals surface area contributed by atoms with Crippen molar-refractivity contribution in [3.8, 4) is 5.75 Å².